The number of hydrogen-bond donors (Lipinski definition) is 0. The van der Waals surface area contributed by atoms with Gasteiger partial charge in [0.05, 0.1) is 17.2 Å². The van der Waals surface area contributed by atoms with Gasteiger partial charge in [0.25, 0.3) is 5.91 Å². The zero-order valence-electron chi connectivity index (χ0n) is 15.0. The highest BCUT2D eigenvalue weighted by molar-refractivity contribution is 8.14. The lowest BCUT2D eigenvalue weighted by Crippen LogP contribution is -2.34. The van der Waals surface area contributed by atoms with Crippen LogP contribution in [-0.2, 0) is 6.54 Å². The Morgan fingerprint density at radius 2 is 2.07 bits per heavy atom. The van der Waals surface area contributed by atoms with E-state index in [1.807, 2.05) is 38.1 Å². The third-order valence-corrected chi connectivity index (χ3v) is 5.77. The molecule has 1 atom stereocenters. The highest BCUT2D eigenvalue weighted by Crippen LogP contribution is 2.29. The van der Waals surface area contributed by atoms with Crippen molar-refractivity contribution in [1.29, 1.82) is 0 Å². The molecule has 0 saturated carbocycles. The number of anilines is 1. The summed E-state index contributed by atoms with van der Waals surface area (Å²) in [5, 5.41) is 9.61. The molecule has 27 heavy (non-hydrogen) atoms. The van der Waals surface area contributed by atoms with Gasteiger partial charge in [0.1, 0.15) is 5.52 Å². The minimum Gasteiger partial charge on any atom is -0.268 e. The second-order valence-corrected chi connectivity index (χ2v) is 7.72. The fourth-order valence-electron chi connectivity index (χ4n) is 2.95. The molecule has 0 fully saturated rings. The lowest BCUT2D eigenvalue weighted by molar-refractivity contribution is 0.100. The van der Waals surface area contributed by atoms with Gasteiger partial charge in [-0.2, -0.15) is 0 Å². The van der Waals surface area contributed by atoms with Crippen molar-refractivity contribution >= 4 is 51.2 Å². The summed E-state index contributed by atoms with van der Waals surface area (Å²) in [6, 6.07) is 12.9. The summed E-state index contributed by atoms with van der Waals surface area (Å²) < 4.78 is 1.80. The van der Waals surface area contributed by atoms with Gasteiger partial charge in [-0.3, -0.25) is 14.7 Å². The Kier molecular flexibility index (Phi) is 4.88. The van der Waals surface area contributed by atoms with Crippen LogP contribution in [0.25, 0.3) is 11.0 Å². The molecule has 0 radical (unpaired) electrons. The Balaban J connectivity index is 1.76. The van der Waals surface area contributed by atoms with Crippen molar-refractivity contribution in [2.24, 2.45) is 4.99 Å². The van der Waals surface area contributed by atoms with Crippen LogP contribution < -0.4 is 4.90 Å². The first-order valence-corrected chi connectivity index (χ1v) is 10.1. The quantitative estimate of drug-likeness (QED) is 0.660. The van der Waals surface area contributed by atoms with Crippen LogP contribution in [0.3, 0.4) is 0 Å². The summed E-state index contributed by atoms with van der Waals surface area (Å²) >= 11 is 7.60. The zero-order chi connectivity index (χ0) is 19.0. The Labute approximate surface area is 166 Å². The Morgan fingerprint density at radius 3 is 2.74 bits per heavy atom. The Hall–Kier alpha value is -2.38. The second kappa shape index (κ2) is 7.32. The number of amides is 1. The molecule has 6 nitrogen and oxygen atoms in total. The molecule has 3 aromatic rings. The number of hydrogen-bond acceptors (Lipinski definition) is 5. The van der Waals surface area contributed by atoms with E-state index in [0.29, 0.717) is 21.3 Å². The Morgan fingerprint density at radius 1 is 1.30 bits per heavy atom. The fraction of sp³-hybridized carbons (Fsp3) is 0.263. The standard InChI is InChI=1S/C19H18ClN5OS/c1-3-24-17-9-4-13(10-16(17)22-23-24)18(26)25(19-21-12(2)11-27-19)15-7-5-14(20)6-8-15/h4-10,12H,3,11H2,1-2H3/t12-/m0/s1. The van der Waals surface area contributed by atoms with E-state index in [4.69, 9.17) is 11.6 Å². The molecule has 138 valence electrons. The lowest BCUT2D eigenvalue weighted by Gasteiger charge is -2.22. The first-order valence-electron chi connectivity index (χ1n) is 8.70. The van der Waals surface area contributed by atoms with Gasteiger partial charge in [0, 0.05) is 22.9 Å². The number of carbonyl (C=O) groups excluding carboxylic acids is 1. The van der Waals surface area contributed by atoms with Crippen LogP contribution in [0.4, 0.5) is 5.69 Å². The van der Waals surface area contributed by atoms with Crippen LogP contribution in [0.5, 0.6) is 0 Å². The predicted octanol–water partition coefficient (Wildman–Crippen LogP) is 4.24. The van der Waals surface area contributed by atoms with E-state index in [0.717, 1.165) is 23.5 Å². The van der Waals surface area contributed by atoms with E-state index < -0.39 is 0 Å². The number of benzene rings is 2. The van der Waals surface area contributed by atoms with E-state index in [9.17, 15) is 4.79 Å². The van der Waals surface area contributed by atoms with Gasteiger partial charge in [-0.15, -0.1) is 5.10 Å². The topological polar surface area (TPSA) is 63.4 Å². The van der Waals surface area contributed by atoms with Gasteiger partial charge in [0.2, 0.25) is 0 Å². The van der Waals surface area contributed by atoms with Gasteiger partial charge >= 0.3 is 0 Å². The highest BCUT2D eigenvalue weighted by Gasteiger charge is 2.28. The van der Waals surface area contributed by atoms with Gasteiger partial charge in [-0.1, -0.05) is 28.6 Å². The number of carbonyl (C=O) groups is 1. The summed E-state index contributed by atoms with van der Waals surface area (Å²) in [6.45, 7) is 4.78. The van der Waals surface area contributed by atoms with Crippen molar-refractivity contribution in [3.8, 4) is 0 Å². The maximum atomic E-state index is 13.4. The van der Waals surface area contributed by atoms with Crippen LogP contribution in [0.2, 0.25) is 5.02 Å². The molecule has 1 aliphatic rings. The number of rotatable bonds is 3. The molecule has 1 aliphatic heterocycles. The molecule has 2 aromatic carbocycles. The maximum absolute atomic E-state index is 13.4. The molecule has 1 amide bonds. The number of halogens is 1. The minimum atomic E-state index is -0.148. The number of aliphatic imine (C=N–C) groups is 1. The molecule has 0 aliphatic carbocycles. The van der Waals surface area contributed by atoms with Gasteiger partial charge in [-0.05, 0) is 56.3 Å². The summed E-state index contributed by atoms with van der Waals surface area (Å²) in [7, 11) is 0. The van der Waals surface area contributed by atoms with Crippen molar-refractivity contribution in [2.75, 3.05) is 10.7 Å². The van der Waals surface area contributed by atoms with Crippen molar-refractivity contribution in [3.05, 3.63) is 53.1 Å². The van der Waals surface area contributed by atoms with Crippen molar-refractivity contribution in [1.82, 2.24) is 15.0 Å². The molecule has 0 N–H and O–H groups in total. The first-order chi connectivity index (χ1) is 13.1. The molecular weight excluding hydrogens is 382 g/mol. The van der Waals surface area contributed by atoms with Crippen LogP contribution >= 0.6 is 23.4 Å². The normalized spacial score (nSPS) is 16.6. The fourth-order valence-corrected chi connectivity index (χ4v) is 4.12. The molecule has 2 heterocycles. The summed E-state index contributed by atoms with van der Waals surface area (Å²) in [5.74, 6) is 0.710. The average molecular weight is 400 g/mol. The van der Waals surface area contributed by atoms with E-state index in [-0.39, 0.29) is 11.9 Å². The van der Waals surface area contributed by atoms with Crippen LogP contribution in [-0.4, -0.2) is 37.9 Å². The first kappa shape index (κ1) is 18.0. The third kappa shape index (κ3) is 3.44. The van der Waals surface area contributed by atoms with Crippen LogP contribution in [0, 0.1) is 0 Å². The second-order valence-electron chi connectivity index (χ2n) is 6.30. The van der Waals surface area contributed by atoms with Crippen LogP contribution in [0.15, 0.2) is 47.5 Å². The molecule has 0 unspecified atom stereocenters. The summed E-state index contributed by atoms with van der Waals surface area (Å²) in [6.07, 6.45) is 0. The number of nitrogens with zero attached hydrogens (tertiary/aromatic N) is 5. The molecule has 8 heteroatoms. The molecule has 0 spiro atoms. The van der Waals surface area contributed by atoms with Gasteiger partial charge < -0.3 is 0 Å². The van der Waals surface area contributed by atoms with E-state index in [2.05, 4.69) is 15.3 Å². The Bertz CT molecular complexity index is 1030. The SMILES string of the molecule is CCn1nnc2cc(C(=O)N(C3=N[C@@H](C)CS3)c3ccc(Cl)cc3)ccc21. The lowest BCUT2D eigenvalue weighted by atomic mass is 10.1. The molecule has 0 saturated heterocycles. The van der Waals surface area contributed by atoms with Crippen molar-refractivity contribution in [2.45, 2.75) is 26.4 Å². The number of aryl methyl sites for hydroxylation is 1. The summed E-state index contributed by atoms with van der Waals surface area (Å²) in [4.78, 5) is 19.7. The molecule has 4 rings (SSSR count). The van der Waals surface area contributed by atoms with Crippen molar-refractivity contribution < 1.29 is 4.79 Å². The average Bonchev–Trinajstić information content (AvgIpc) is 3.28. The van der Waals surface area contributed by atoms with Crippen molar-refractivity contribution in [3.63, 3.8) is 0 Å². The molecule has 1 aromatic heterocycles. The summed E-state index contributed by atoms with van der Waals surface area (Å²) in [5.41, 5.74) is 2.90. The van der Waals surface area contributed by atoms with E-state index >= 15 is 0 Å². The largest absolute Gasteiger partial charge is 0.268 e. The van der Waals surface area contributed by atoms with E-state index in [1.54, 1.807) is 39.5 Å². The minimum absolute atomic E-state index is 0.148. The molecular formula is C19H18ClN5OS. The number of amidine groups is 1. The van der Waals surface area contributed by atoms with Gasteiger partial charge in [0.15, 0.2) is 5.17 Å². The molecule has 0 bridgehead atoms. The zero-order valence-corrected chi connectivity index (χ0v) is 16.5. The van der Waals surface area contributed by atoms with Gasteiger partial charge in [-0.25, -0.2) is 4.68 Å². The highest BCUT2D eigenvalue weighted by atomic mass is 35.5. The monoisotopic (exact) mass is 399 g/mol. The number of aromatic nitrogens is 3. The number of thioether (sulfide) groups is 1. The van der Waals surface area contributed by atoms with Crippen LogP contribution in [0.1, 0.15) is 24.2 Å². The smallest absolute Gasteiger partial charge is 0.264 e. The number of fused-ring (bicyclic) bond motifs is 1. The maximum Gasteiger partial charge on any atom is 0.264 e. The predicted molar refractivity (Wildman–Crippen MR) is 111 cm³/mol. The third-order valence-electron chi connectivity index (χ3n) is 4.32. The van der Waals surface area contributed by atoms with E-state index in [1.165, 1.54) is 0 Å².